The molecule has 13 heteroatoms. The normalized spacial score (nSPS) is 13.4. The van der Waals surface area contributed by atoms with Gasteiger partial charge in [0.15, 0.2) is 0 Å². The molecular weight excluding hydrogens is 951 g/mol. The number of nitrogens with one attached hydrogen (secondary N) is 1. The first-order valence-electron chi connectivity index (χ1n) is 26.4. The smallest absolute Gasteiger partial charge is 0.242 e. The number of carbonyl (C=O) groups is 6. The number of rotatable bonds is 27. The van der Waals surface area contributed by atoms with Crippen molar-refractivity contribution in [2.45, 2.75) is 97.1 Å². The number of primary amides is 1. The van der Waals surface area contributed by atoms with Gasteiger partial charge < -0.3 is 35.6 Å². The Labute approximate surface area is 449 Å². The molecule has 6 atom stereocenters. The molecule has 3 N–H and O–H groups in total. The number of nitrogens with zero attached hydrogens (tertiary/aromatic N) is 5. The van der Waals surface area contributed by atoms with Gasteiger partial charge in [0.05, 0.1) is 36.8 Å². The first-order valence-corrected chi connectivity index (χ1v) is 26.4. The summed E-state index contributed by atoms with van der Waals surface area (Å²) in [7, 11) is 0. The second-order valence-corrected chi connectivity index (χ2v) is 19.5. The van der Waals surface area contributed by atoms with E-state index in [1.54, 1.807) is 19.6 Å². The highest BCUT2D eigenvalue weighted by Crippen LogP contribution is 2.29. The van der Waals surface area contributed by atoms with Crippen molar-refractivity contribution >= 4 is 35.4 Å². The monoisotopic (exact) mass is 1030 g/mol. The van der Waals surface area contributed by atoms with E-state index in [0.29, 0.717) is 0 Å². The fourth-order valence-electron chi connectivity index (χ4n) is 9.67. The van der Waals surface area contributed by atoms with Crippen molar-refractivity contribution in [1.29, 1.82) is 0 Å². The Morgan fingerprint density at radius 1 is 0.342 bits per heavy atom. The molecule has 0 spiro atoms. The minimum absolute atomic E-state index is 0.0290. The van der Waals surface area contributed by atoms with E-state index in [2.05, 4.69) is 5.32 Å². The van der Waals surface area contributed by atoms with Crippen LogP contribution in [0.3, 0.4) is 0 Å². The zero-order valence-corrected chi connectivity index (χ0v) is 44.9. The Hall–Kier alpha value is -7.90. The van der Waals surface area contributed by atoms with E-state index in [4.69, 9.17) is 5.73 Å². The molecule has 0 saturated carbocycles. The molecule has 13 nitrogen and oxygen atoms in total. The Bertz CT molecular complexity index is 2770. The summed E-state index contributed by atoms with van der Waals surface area (Å²) in [6.45, 7) is 11.1. The molecule has 6 rings (SSSR count). The van der Waals surface area contributed by atoms with Gasteiger partial charge in [-0.1, -0.05) is 182 Å². The molecule has 0 aromatic heterocycles. The molecule has 6 aromatic carbocycles. The molecule has 6 aromatic rings. The van der Waals surface area contributed by atoms with Crippen molar-refractivity contribution in [2.75, 3.05) is 39.3 Å². The van der Waals surface area contributed by atoms with Gasteiger partial charge in [-0.25, -0.2) is 0 Å². The molecule has 0 aliphatic carbocycles. The van der Waals surface area contributed by atoms with Gasteiger partial charge in [0.2, 0.25) is 35.4 Å². The minimum Gasteiger partial charge on any atom is -0.370 e. The maximum Gasteiger partial charge on any atom is 0.242 e. The number of nitrogens with two attached hydrogens (primary N) is 1. The van der Waals surface area contributed by atoms with Gasteiger partial charge in [0.1, 0.15) is 13.1 Å². The Kier molecular flexibility index (Phi) is 21.7. The lowest BCUT2D eigenvalue weighted by molar-refractivity contribution is -0.146. The molecule has 0 radical (unpaired) electrons. The van der Waals surface area contributed by atoms with Crippen LogP contribution in [0.25, 0.3) is 0 Å². The maximum atomic E-state index is 15.2. The first kappa shape index (κ1) is 57.4. The van der Waals surface area contributed by atoms with Gasteiger partial charge >= 0.3 is 0 Å². The van der Waals surface area contributed by atoms with Crippen LogP contribution < -0.4 is 11.1 Å². The number of hydrogen-bond acceptors (Lipinski definition) is 7. The summed E-state index contributed by atoms with van der Waals surface area (Å²) in [5, 5.41) is 3.37. The molecule has 398 valence electrons. The van der Waals surface area contributed by atoms with Crippen LogP contribution in [-0.2, 0) is 28.8 Å². The largest absolute Gasteiger partial charge is 0.370 e. The van der Waals surface area contributed by atoms with Crippen molar-refractivity contribution in [2.24, 2.45) is 5.73 Å². The molecule has 0 fully saturated rings. The topological polar surface area (TPSA) is 157 Å². The van der Waals surface area contributed by atoms with Crippen LogP contribution in [0.2, 0.25) is 0 Å². The molecular formula is C63H75N7O6. The SMILES string of the molecule is C[C@H](NCC(=O)N(CCC(=O)N(CC(=O)N(CCC(=O)N(CC(=O)N(CCC(N)=O)[C@@H](C)c1ccccc1)[C@@H](C)c1ccccc1)[C@@H](C)c1ccccc1)[C@@H](C)c1ccccc1)[C@@H](C)c1ccccc1)c1ccccc1. The average Bonchev–Trinajstić information content (AvgIpc) is 3.46. The highest BCUT2D eigenvalue weighted by molar-refractivity contribution is 5.88. The third kappa shape index (κ3) is 16.1. The van der Waals surface area contributed by atoms with Crippen LogP contribution in [-0.4, -0.2) is 99.2 Å². The van der Waals surface area contributed by atoms with Gasteiger partial charge in [-0.3, -0.25) is 28.8 Å². The molecule has 0 aliphatic rings. The van der Waals surface area contributed by atoms with Crippen LogP contribution >= 0.6 is 0 Å². The number of carbonyl (C=O) groups excluding carboxylic acids is 6. The highest BCUT2D eigenvalue weighted by atomic mass is 16.2. The van der Waals surface area contributed by atoms with Gasteiger partial charge in [0.25, 0.3) is 0 Å². The molecule has 0 aliphatic heterocycles. The lowest BCUT2D eigenvalue weighted by Crippen LogP contribution is -2.48. The van der Waals surface area contributed by atoms with Crippen LogP contribution in [0.1, 0.15) is 130 Å². The molecule has 76 heavy (non-hydrogen) atoms. The molecule has 0 heterocycles. The summed E-state index contributed by atoms with van der Waals surface area (Å²) in [6.07, 6.45) is -0.262. The van der Waals surface area contributed by atoms with E-state index in [1.165, 1.54) is 4.90 Å². The average molecular weight is 1030 g/mol. The van der Waals surface area contributed by atoms with Crippen molar-refractivity contribution in [1.82, 2.24) is 29.8 Å². The van der Waals surface area contributed by atoms with Crippen LogP contribution in [0.4, 0.5) is 0 Å². The molecule has 6 amide bonds. The zero-order valence-electron chi connectivity index (χ0n) is 44.9. The number of amides is 6. The van der Waals surface area contributed by atoms with Crippen LogP contribution in [0.15, 0.2) is 182 Å². The van der Waals surface area contributed by atoms with E-state index < -0.39 is 30.1 Å². The van der Waals surface area contributed by atoms with Crippen LogP contribution in [0, 0.1) is 0 Å². The highest BCUT2D eigenvalue weighted by Gasteiger charge is 2.33. The fraction of sp³-hybridized carbons (Fsp3) is 0.333. The predicted octanol–water partition coefficient (Wildman–Crippen LogP) is 9.94. The second-order valence-electron chi connectivity index (χ2n) is 19.5. The predicted molar refractivity (Wildman–Crippen MR) is 299 cm³/mol. The van der Waals surface area contributed by atoms with E-state index in [1.807, 2.05) is 224 Å². The van der Waals surface area contributed by atoms with Gasteiger partial charge in [-0.2, -0.15) is 0 Å². The summed E-state index contributed by atoms with van der Waals surface area (Å²) >= 11 is 0. The molecule has 0 saturated heterocycles. The number of benzene rings is 6. The van der Waals surface area contributed by atoms with E-state index in [0.717, 1.165) is 33.4 Å². The first-order chi connectivity index (χ1) is 36.6. The molecule has 0 bridgehead atoms. The van der Waals surface area contributed by atoms with Gasteiger partial charge in [-0.05, 0) is 74.9 Å². The summed E-state index contributed by atoms with van der Waals surface area (Å²) in [5.74, 6) is -2.13. The van der Waals surface area contributed by atoms with Crippen molar-refractivity contribution in [3.8, 4) is 0 Å². The summed E-state index contributed by atoms with van der Waals surface area (Å²) in [5.41, 5.74) is 10.9. The minimum atomic E-state index is -0.550. The van der Waals surface area contributed by atoms with E-state index >= 15 is 4.79 Å². The second kappa shape index (κ2) is 28.7. The maximum absolute atomic E-state index is 15.2. The fourth-order valence-corrected chi connectivity index (χ4v) is 9.67. The van der Waals surface area contributed by atoms with E-state index in [-0.39, 0.29) is 100 Å². The third-order valence-corrected chi connectivity index (χ3v) is 14.6. The lowest BCUT2D eigenvalue weighted by atomic mass is 10.0. The summed E-state index contributed by atoms with van der Waals surface area (Å²) in [4.78, 5) is 93.9. The zero-order chi connectivity index (χ0) is 54.6. The molecule has 0 unspecified atom stereocenters. The van der Waals surface area contributed by atoms with Crippen molar-refractivity contribution < 1.29 is 28.8 Å². The Morgan fingerprint density at radius 3 is 0.882 bits per heavy atom. The van der Waals surface area contributed by atoms with Gasteiger partial charge in [0, 0.05) is 44.9 Å². The standard InChI is InChI=1S/C63H75N7O6/c1-46(52-25-13-7-14-26-52)65-43-61(74)66(47(2)53-27-15-8-16-28-53)41-38-59(72)70(51(6)57-35-23-12-24-36-57)45-63(76)68(49(4)55-31-19-10-20-32-55)42-39-60(73)69(50(5)56-33-21-11-22-34-56)44-62(75)67(40-37-58(64)71)48(3)54-29-17-9-18-30-54/h7-36,46-51,65H,37-45H2,1-6H3,(H2,64,71)/t46-,47-,48-,49-,50-,51-/m0/s1. The third-order valence-electron chi connectivity index (χ3n) is 14.6. The van der Waals surface area contributed by atoms with Crippen molar-refractivity contribution in [3.05, 3.63) is 215 Å². The Morgan fingerprint density at radius 2 is 0.592 bits per heavy atom. The summed E-state index contributed by atoms with van der Waals surface area (Å²) in [6, 6.07) is 55.1. The van der Waals surface area contributed by atoms with Crippen LogP contribution in [0.5, 0.6) is 0 Å². The number of hydrogen-bond donors (Lipinski definition) is 2. The quantitative estimate of drug-likeness (QED) is 0.0520. The van der Waals surface area contributed by atoms with Crippen molar-refractivity contribution in [3.63, 3.8) is 0 Å². The summed E-state index contributed by atoms with van der Waals surface area (Å²) < 4.78 is 0. The lowest BCUT2D eigenvalue weighted by Gasteiger charge is -2.37. The van der Waals surface area contributed by atoms with E-state index in [9.17, 15) is 24.0 Å². The van der Waals surface area contributed by atoms with Gasteiger partial charge in [-0.15, -0.1) is 0 Å². The Balaban J connectivity index is 1.27.